The molecule has 0 bridgehead atoms. The molecule has 0 unspecified atom stereocenters. The maximum absolute atomic E-state index is 12.6. The van der Waals surface area contributed by atoms with Crippen LogP contribution in [-0.4, -0.2) is 45.4 Å². The van der Waals surface area contributed by atoms with Crippen LogP contribution in [0.2, 0.25) is 0 Å². The highest BCUT2D eigenvalue weighted by Gasteiger charge is 2.28. The number of rotatable bonds is 9. The molecule has 0 spiro atoms. The van der Waals surface area contributed by atoms with E-state index in [-0.39, 0.29) is 36.9 Å². The Morgan fingerprint density at radius 1 is 1.16 bits per heavy atom. The fourth-order valence-electron chi connectivity index (χ4n) is 2.19. The predicted octanol–water partition coefficient (Wildman–Crippen LogP) is 0.822. The van der Waals surface area contributed by atoms with Gasteiger partial charge in [0.15, 0.2) is 5.82 Å². The second-order valence-corrected chi connectivity index (χ2v) is 7.86. The topological polar surface area (TPSA) is 155 Å². The van der Waals surface area contributed by atoms with Crippen LogP contribution in [0.4, 0.5) is 11.8 Å². The van der Waals surface area contributed by atoms with Gasteiger partial charge in [0.2, 0.25) is 5.95 Å². The number of anilines is 2. The molecular formula is C13H25N7O4P+. The van der Waals surface area contributed by atoms with Crippen LogP contribution in [0.25, 0.3) is 11.2 Å². The number of H-pyrrole nitrogens is 1. The van der Waals surface area contributed by atoms with Crippen molar-refractivity contribution in [3.05, 3.63) is 0 Å². The number of hydrogen-bond acceptors (Lipinski definition) is 9. The van der Waals surface area contributed by atoms with Gasteiger partial charge in [-0.3, -0.25) is 4.57 Å². The molecule has 0 amide bonds. The van der Waals surface area contributed by atoms with Crippen LogP contribution >= 0.6 is 7.60 Å². The Morgan fingerprint density at radius 3 is 2.40 bits per heavy atom. The summed E-state index contributed by atoms with van der Waals surface area (Å²) in [5, 5.41) is 6.77. The summed E-state index contributed by atoms with van der Waals surface area (Å²) in [5.41, 5.74) is 12.3. The highest BCUT2D eigenvalue weighted by Crippen LogP contribution is 2.50. The second kappa shape index (κ2) is 8.05. The smallest absolute Gasteiger partial charge is 0.356 e. The summed E-state index contributed by atoms with van der Waals surface area (Å²) in [6, 6.07) is 0. The molecule has 25 heavy (non-hydrogen) atoms. The molecule has 0 aliphatic rings. The Bertz CT molecular complexity index is 750. The second-order valence-electron chi connectivity index (χ2n) is 5.96. The normalized spacial score (nSPS) is 12.6. The third kappa shape index (κ3) is 5.33. The van der Waals surface area contributed by atoms with Crippen molar-refractivity contribution in [3.63, 3.8) is 0 Å². The molecule has 0 aliphatic carbocycles. The lowest BCUT2D eigenvalue weighted by Gasteiger charge is -2.22. The molecule has 0 saturated heterocycles. The van der Waals surface area contributed by atoms with E-state index in [9.17, 15) is 4.57 Å². The molecule has 0 aromatic carbocycles. The van der Waals surface area contributed by atoms with Gasteiger partial charge in [0, 0.05) is 0 Å². The molecule has 5 N–H and O–H groups in total. The Hall–Kier alpha value is -1.81. The first-order chi connectivity index (χ1) is 11.7. The van der Waals surface area contributed by atoms with Gasteiger partial charge in [0.05, 0.1) is 23.9 Å². The van der Waals surface area contributed by atoms with Crippen molar-refractivity contribution in [3.8, 4) is 0 Å². The highest BCUT2D eigenvalue weighted by atomic mass is 31.2. The zero-order chi connectivity index (χ0) is 18.6. The van der Waals surface area contributed by atoms with Gasteiger partial charge in [-0.1, -0.05) is 5.21 Å². The maximum atomic E-state index is 12.6. The zero-order valence-electron chi connectivity index (χ0n) is 14.8. The quantitative estimate of drug-likeness (QED) is 0.328. The molecule has 2 aromatic rings. The van der Waals surface area contributed by atoms with Crippen molar-refractivity contribution in [1.82, 2.24) is 20.3 Å². The molecule has 12 heteroatoms. The Labute approximate surface area is 145 Å². The van der Waals surface area contributed by atoms with Crippen molar-refractivity contribution in [2.75, 3.05) is 24.4 Å². The monoisotopic (exact) mass is 374 g/mol. The van der Waals surface area contributed by atoms with E-state index in [0.717, 1.165) is 0 Å². The van der Waals surface area contributed by atoms with E-state index in [2.05, 4.69) is 20.3 Å². The lowest BCUT2D eigenvalue weighted by atomic mass is 10.5. The largest absolute Gasteiger partial charge is 0.380 e. The van der Waals surface area contributed by atoms with E-state index in [1.54, 1.807) is 32.4 Å². The van der Waals surface area contributed by atoms with Crippen molar-refractivity contribution in [2.45, 2.75) is 46.4 Å². The third-order valence-corrected chi connectivity index (χ3v) is 4.89. The molecule has 0 aliphatic heterocycles. The average molecular weight is 374 g/mol. The van der Waals surface area contributed by atoms with E-state index in [0.29, 0.717) is 17.7 Å². The van der Waals surface area contributed by atoms with Crippen LogP contribution in [0.5, 0.6) is 0 Å². The SMILES string of the molecule is CC(C)OP(=O)(COCC[n+]1[nH]nc2nc(N)nc(N)c21)OC(C)C. The van der Waals surface area contributed by atoms with Gasteiger partial charge in [0.1, 0.15) is 12.9 Å². The van der Waals surface area contributed by atoms with Crippen LogP contribution in [0.1, 0.15) is 27.7 Å². The molecule has 0 atom stereocenters. The summed E-state index contributed by atoms with van der Waals surface area (Å²) in [5.74, 6) is 0.269. The van der Waals surface area contributed by atoms with Crippen molar-refractivity contribution < 1.29 is 23.0 Å². The minimum Gasteiger partial charge on any atom is -0.380 e. The number of nitrogens with two attached hydrogens (primary N) is 2. The first kappa shape index (κ1) is 19.5. The Kier molecular flexibility index (Phi) is 6.28. The zero-order valence-corrected chi connectivity index (χ0v) is 15.7. The number of fused-ring (bicyclic) bond motifs is 1. The third-order valence-electron chi connectivity index (χ3n) is 2.91. The van der Waals surface area contributed by atoms with Gasteiger partial charge < -0.3 is 25.3 Å². The minimum atomic E-state index is -3.33. The number of hydrogen-bond donors (Lipinski definition) is 3. The molecule has 2 rings (SSSR count). The maximum Gasteiger partial charge on any atom is 0.356 e. The first-order valence-electron chi connectivity index (χ1n) is 7.90. The van der Waals surface area contributed by atoms with Crippen molar-refractivity contribution in [2.24, 2.45) is 0 Å². The minimum absolute atomic E-state index is 0.0532. The number of nitrogens with one attached hydrogen (secondary N) is 1. The number of nitrogen functional groups attached to an aromatic ring is 2. The summed E-state index contributed by atoms with van der Waals surface area (Å²) < 4.78 is 30.6. The van der Waals surface area contributed by atoms with E-state index < -0.39 is 7.60 Å². The van der Waals surface area contributed by atoms with E-state index in [4.69, 9.17) is 25.3 Å². The number of nitrogens with zero attached hydrogens (tertiary/aromatic N) is 4. The van der Waals surface area contributed by atoms with Crippen LogP contribution < -0.4 is 16.1 Å². The molecule has 0 fully saturated rings. The van der Waals surface area contributed by atoms with Gasteiger partial charge in [-0.25, -0.2) is 0 Å². The molecule has 140 valence electrons. The molecule has 2 heterocycles. The lowest BCUT2D eigenvalue weighted by Crippen LogP contribution is -2.39. The number of ether oxygens (including phenoxy) is 1. The van der Waals surface area contributed by atoms with Crippen molar-refractivity contribution in [1.29, 1.82) is 0 Å². The standard InChI is InChI=1S/C13H24N7O4P/c1-8(2)23-25(21,24-9(3)4)7-22-6-5-20-10-11(14)16-13(15)17-12(10)18-19-20/h8-9H,5-7H2,1-4H3,(H4,14,15,16,17)/p+1. The van der Waals surface area contributed by atoms with Gasteiger partial charge >= 0.3 is 13.2 Å². The fraction of sp³-hybridized carbons (Fsp3) is 0.692. The van der Waals surface area contributed by atoms with E-state index in [1.165, 1.54) is 0 Å². The van der Waals surface area contributed by atoms with E-state index in [1.807, 2.05) is 0 Å². The summed E-state index contributed by atoms with van der Waals surface area (Å²) in [6.07, 6.45) is -0.613. The summed E-state index contributed by atoms with van der Waals surface area (Å²) in [4.78, 5) is 7.89. The number of aromatic nitrogens is 5. The molecule has 11 nitrogen and oxygen atoms in total. The lowest BCUT2D eigenvalue weighted by molar-refractivity contribution is -0.731. The molecule has 0 saturated carbocycles. The molecule has 2 aromatic heterocycles. The summed E-state index contributed by atoms with van der Waals surface area (Å²) >= 11 is 0. The van der Waals surface area contributed by atoms with Gasteiger partial charge in [0.25, 0.3) is 5.52 Å². The van der Waals surface area contributed by atoms with Crippen LogP contribution in [0, 0.1) is 0 Å². The number of aromatic amines is 1. The first-order valence-corrected chi connectivity index (χ1v) is 9.63. The molecule has 0 radical (unpaired) electrons. The summed E-state index contributed by atoms with van der Waals surface area (Å²) in [6.45, 7) is 7.76. The average Bonchev–Trinajstić information content (AvgIpc) is 2.85. The van der Waals surface area contributed by atoms with Crippen molar-refractivity contribution >= 4 is 30.5 Å². The Balaban J connectivity index is 1.97. The van der Waals surface area contributed by atoms with Gasteiger partial charge in [-0.05, 0) is 27.7 Å². The van der Waals surface area contributed by atoms with Crippen LogP contribution in [-0.2, 0) is 24.9 Å². The van der Waals surface area contributed by atoms with Crippen LogP contribution in [0.15, 0.2) is 0 Å². The molecular weight excluding hydrogens is 349 g/mol. The van der Waals surface area contributed by atoms with Gasteiger partial charge in [-0.15, -0.1) is 4.68 Å². The van der Waals surface area contributed by atoms with Gasteiger partial charge in [-0.2, -0.15) is 9.97 Å². The van der Waals surface area contributed by atoms with E-state index >= 15 is 0 Å². The van der Waals surface area contributed by atoms with Crippen LogP contribution in [0.3, 0.4) is 0 Å². The predicted molar refractivity (Wildman–Crippen MR) is 91.6 cm³/mol. The summed E-state index contributed by atoms with van der Waals surface area (Å²) in [7, 11) is -3.33. The fourth-order valence-corrected chi connectivity index (χ4v) is 4.00. The highest BCUT2D eigenvalue weighted by molar-refractivity contribution is 7.53. The Morgan fingerprint density at radius 2 is 1.80 bits per heavy atom.